The van der Waals surface area contributed by atoms with Crippen LogP contribution in [0.15, 0.2) is 22.6 Å². The zero-order valence-electron chi connectivity index (χ0n) is 9.57. The number of hydrogen-bond acceptors (Lipinski definition) is 3. The minimum absolute atomic E-state index is 0.148. The average Bonchev–Trinajstić information content (AvgIpc) is 2.67. The second-order valence-electron chi connectivity index (χ2n) is 3.81. The largest absolute Gasteiger partial charge is 0.493 e. The highest BCUT2D eigenvalue weighted by molar-refractivity contribution is 5.87. The van der Waals surface area contributed by atoms with Gasteiger partial charge in [-0.15, -0.1) is 0 Å². The van der Waals surface area contributed by atoms with Crippen LogP contribution < -0.4 is 4.74 Å². The minimum atomic E-state index is -0.148. The number of fused-ring (bicyclic) bond motifs is 1. The van der Waals surface area contributed by atoms with E-state index in [2.05, 4.69) is 6.07 Å². The Morgan fingerprint density at radius 1 is 1.44 bits per heavy atom. The molecule has 0 saturated carbocycles. The highest BCUT2D eigenvalue weighted by Crippen LogP contribution is 2.34. The molecule has 1 atom stereocenters. The number of nitrogens with zero attached hydrogens (tertiary/aromatic N) is 1. The van der Waals surface area contributed by atoms with Crippen LogP contribution in [-0.2, 0) is 0 Å². The van der Waals surface area contributed by atoms with Crippen molar-refractivity contribution in [2.45, 2.75) is 19.8 Å². The molecule has 0 aliphatic carbocycles. The molecule has 0 aliphatic rings. The maximum atomic E-state index is 8.97. The molecule has 0 aliphatic heterocycles. The van der Waals surface area contributed by atoms with Gasteiger partial charge < -0.3 is 9.15 Å². The lowest BCUT2D eigenvalue weighted by Crippen LogP contribution is -1.91. The molecular formula is C13H13NO2. The molecule has 1 aromatic carbocycles. The van der Waals surface area contributed by atoms with Crippen LogP contribution in [0.1, 0.15) is 24.2 Å². The lowest BCUT2D eigenvalue weighted by Gasteiger charge is -2.06. The van der Waals surface area contributed by atoms with Gasteiger partial charge >= 0.3 is 0 Å². The molecule has 0 saturated heterocycles. The number of nitriles is 1. The van der Waals surface area contributed by atoms with Gasteiger partial charge in [0.2, 0.25) is 0 Å². The van der Waals surface area contributed by atoms with Crippen LogP contribution in [0.25, 0.3) is 11.0 Å². The van der Waals surface area contributed by atoms with Crippen LogP contribution in [0.5, 0.6) is 5.75 Å². The van der Waals surface area contributed by atoms with Gasteiger partial charge in [-0.2, -0.15) is 5.26 Å². The van der Waals surface area contributed by atoms with E-state index in [1.807, 2.05) is 32.0 Å². The number of methoxy groups -OCH3 is 1. The standard InChI is InChI=1S/C13H13NO2/c1-8(7-14)10-4-5-12(15-3)13-11(10)6-9(2)16-13/h4-6,8H,1-3H3. The second kappa shape index (κ2) is 3.90. The van der Waals surface area contributed by atoms with Gasteiger partial charge in [0.15, 0.2) is 11.3 Å². The molecule has 2 rings (SSSR count). The fourth-order valence-electron chi connectivity index (χ4n) is 1.85. The van der Waals surface area contributed by atoms with Gasteiger partial charge in [-0.1, -0.05) is 6.07 Å². The van der Waals surface area contributed by atoms with Gasteiger partial charge in [-0.25, -0.2) is 0 Å². The van der Waals surface area contributed by atoms with Crippen LogP contribution in [0.4, 0.5) is 0 Å². The van der Waals surface area contributed by atoms with Crippen LogP contribution >= 0.6 is 0 Å². The minimum Gasteiger partial charge on any atom is -0.493 e. The molecule has 0 spiro atoms. The molecule has 82 valence electrons. The van der Waals surface area contributed by atoms with Crippen molar-refractivity contribution in [3.05, 3.63) is 29.5 Å². The number of furan rings is 1. The third-order valence-corrected chi connectivity index (χ3v) is 2.68. The predicted octanol–water partition coefficient (Wildman–Crippen LogP) is 3.38. The molecule has 3 nitrogen and oxygen atoms in total. The van der Waals surface area contributed by atoms with E-state index in [1.165, 1.54) is 0 Å². The summed E-state index contributed by atoms with van der Waals surface area (Å²) in [7, 11) is 1.61. The summed E-state index contributed by atoms with van der Waals surface area (Å²) in [5.41, 5.74) is 1.70. The maximum Gasteiger partial charge on any atom is 0.176 e. The third kappa shape index (κ3) is 1.53. The summed E-state index contributed by atoms with van der Waals surface area (Å²) in [6, 6.07) is 7.95. The van der Waals surface area contributed by atoms with Gasteiger partial charge in [-0.05, 0) is 31.5 Å². The Labute approximate surface area is 94.2 Å². The fraction of sp³-hybridized carbons (Fsp3) is 0.308. The lowest BCUT2D eigenvalue weighted by molar-refractivity contribution is 0.408. The van der Waals surface area contributed by atoms with E-state index in [0.29, 0.717) is 5.75 Å². The van der Waals surface area contributed by atoms with Crippen molar-refractivity contribution in [2.75, 3.05) is 7.11 Å². The smallest absolute Gasteiger partial charge is 0.176 e. The lowest BCUT2D eigenvalue weighted by atomic mass is 9.98. The summed E-state index contributed by atoms with van der Waals surface area (Å²) < 4.78 is 10.8. The number of ether oxygens (including phenoxy) is 1. The Morgan fingerprint density at radius 2 is 2.19 bits per heavy atom. The summed E-state index contributed by atoms with van der Waals surface area (Å²) in [5, 5.41) is 9.93. The van der Waals surface area contributed by atoms with E-state index in [9.17, 15) is 0 Å². The Morgan fingerprint density at radius 3 is 2.81 bits per heavy atom. The Bertz CT molecular complexity index is 563. The maximum absolute atomic E-state index is 8.97. The van der Waals surface area contributed by atoms with Crippen molar-refractivity contribution in [2.24, 2.45) is 0 Å². The third-order valence-electron chi connectivity index (χ3n) is 2.68. The van der Waals surface area contributed by atoms with E-state index in [-0.39, 0.29) is 5.92 Å². The summed E-state index contributed by atoms with van der Waals surface area (Å²) in [4.78, 5) is 0. The Balaban J connectivity index is 2.75. The van der Waals surface area contributed by atoms with Crippen molar-refractivity contribution < 1.29 is 9.15 Å². The molecule has 2 aromatic rings. The zero-order chi connectivity index (χ0) is 11.7. The van der Waals surface area contributed by atoms with Gasteiger partial charge in [0.1, 0.15) is 5.76 Å². The summed E-state index contributed by atoms with van der Waals surface area (Å²) >= 11 is 0. The van der Waals surface area contributed by atoms with Crippen molar-refractivity contribution in [3.8, 4) is 11.8 Å². The molecule has 16 heavy (non-hydrogen) atoms. The number of hydrogen-bond donors (Lipinski definition) is 0. The van der Waals surface area contributed by atoms with Gasteiger partial charge in [-0.3, -0.25) is 0 Å². The van der Waals surface area contributed by atoms with E-state index in [0.717, 1.165) is 22.3 Å². The molecule has 0 amide bonds. The summed E-state index contributed by atoms with van der Waals surface area (Å²) in [6.45, 7) is 3.77. The monoisotopic (exact) mass is 215 g/mol. The molecule has 0 radical (unpaired) electrons. The molecule has 1 heterocycles. The molecule has 0 fully saturated rings. The fourth-order valence-corrected chi connectivity index (χ4v) is 1.85. The van der Waals surface area contributed by atoms with Gasteiger partial charge in [0.25, 0.3) is 0 Å². The van der Waals surface area contributed by atoms with Crippen LogP contribution in [0.2, 0.25) is 0 Å². The number of rotatable bonds is 2. The number of aryl methyl sites for hydroxylation is 1. The van der Waals surface area contributed by atoms with Crippen LogP contribution in [0.3, 0.4) is 0 Å². The van der Waals surface area contributed by atoms with E-state index in [1.54, 1.807) is 7.11 Å². The van der Waals surface area contributed by atoms with Crippen LogP contribution in [-0.4, -0.2) is 7.11 Å². The van der Waals surface area contributed by atoms with Crippen molar-refractivity contribution in [1.29, 1.82) is 5.26 Å². The van der Waals surface area contributed by atoms with Crippen molar-refractivity contribution >= 4 is 11.0 Å². The average molecular weight is 215 g/mol. The Kier molecular flexibility index (Phi) is 2.57. The molecule has 1 unspecified atom stereocenters. The van der Waals surface area contributed by atoms with Crippen molar-refractivity contribution in [1.82, 2.24) is 0 Å². The zero-order valence-corrected chi connectivity index (χ0v) is 9.57. The highest BCUT2D eigenvalue weighted by atomic mass is 16.5. The summed E-state index contributed by atoms with van der Waals surface area (Å²) in [5.74, 6) is 1.38. The molecular weight excluding hydrogens is 202 g/mol. The van der Waals surface area contributed by atoms with Gasteiger partial charge in [0.05, 0.1) is 19.1 Å². The quantitative estimate of drug-likeness (QED) is 0.771. The van der Waals surface area contributed by atoms with E-state index in [4.69, 9.17) is 14.4 Å². The molecule has 3 heteroatoms. The molecule has 0 bridgehead atoms. The first-order valence-corrected chi connectivity index (χ1v) is 5.14. The predicted molar refractivity (Wildman–Crippen MR) is 61.5 cm³/mol. The van der Waals surface area contributed by atoms with E-state index >= 15 is 0 Å². The second-order valence-corrected chi connectivity index (χ2v) is 3.81. The Hall–Kier alpha value is -1.95. The normalized spacial score (nSPS) is 12.4. The molecule has 1 aromatic heterocycles. The van der Waals surface area contributed by atoms with Crippen molar-refractivity contribution in [3.63, 3.8) is 0 Å². The first-order valence-electron chi connectivity index (χ1n) is 5.14. The first-order chi connectivity index (χ1) is 7.67. The topological polar surface area (TPSA) is 46.2 Å². The SMILES string of the molecule is COc1ccc(C(C)C#N)c2cc(C)oc12. The molecule has 0 N–H and O–H groups in total. The first kappa shape index (κ1) is 10.6. The van der Waals surface area contributed by atoms with Gasteiger partial charge in [0, 0.05) is 5.39 Å². The number of benzene rings is 1. The van der Waals surface area contributed by atoms with E-state index < -0.39 is 0 Å². The summed E-state index contributed by atoms with van der Waals surface area (Å²) in [6.07, 6.45) is 0. The highest BCUT2D eigenvalue weighted by Gasteiger charge is 2.15. The van der Waals surface area contributed by atoms with Crippen LogP contribution in [0, 0.1) is 18.3 Å².